The molecule has 0 aliphatic carbocycles. The van der Waals surface area contributed by atoms with E-state index in [0.717, 1.165) is 11.5 Å². The van der Waals surface area contributed by atoms with Gasteiger partial charge in [0.25, 0.3) is 0 Å². The van der Waals surface area contributed by atoms with Crippen LogP contribution in [-0.4, -0.2) is 23.8 Å². The van der Waals surface area contributed by atoms with Gasteiger partial charge in [-0.1, -0.05) is 18.2 Å². The zero-order chi connectivity index (χ0) is 11.8. The predicted molar refractivity (Wildman–Crippen MR) is 69.1 cm³/mol. The molecule has 17 heavy (non-hydrogen) atoms. The van der Waals surface area contributed by atoms with Crippen LogP contribution in [0.3, 0.4) is 0 Å². The Balaban J connectivity index is 1.88. The first-order chi connectivity index (χ1) is 8.24. The third kappa shape index (κ3) is 1.95. The van der Waals surface area contributed by atoms with Crippen LogP contribution in [0.4, 0.5) is 0 Å². The molecule has 1 atom stereocenters. The summed E-state index contributed by atoms with van der Waals surface area (Å²) in [5.41, 5.74) is 7.75. The van der Waals surface area contributed by atoms with Crippen LogP contribution in [0.5, 0.6) is 0 Å². The number of nitrogens with two attached hydrogens (primary N) is 1. The average Bonchev–Trinajstić information content (AvgIpc) is 2.40. The minimum absolute atomic E-state index is 0.169. The Morgan fingerprint density at radius 2 is 2.06 bits per heavy atom. The summed E-state index contributed by atoms with van der Waals surface area (Å²) in [6.45, 7) is 2.47. The van der Waals surface area contributed by atoms with Crippen molar-refractivity contribution in [2.24, 2.45) is 11.7 Å². The zero-order valence-corrected chi connectivity index (χ0v) is 10.0. The van der Waals surface area contributed by atoms with E-state index in [4.69, 9.17) is 11.1 Å². The number of hydrogen-bond acceptors (Lipinski definition) is 2. The summed E-state index contributed by atoms with van der Waals surface area (Å²) in [7, 11) is 0. The van der Waals surface area contributed by atoms with Gasteiger partial charge in [0.2, 0.25) is 0 Å². The summed E-state index contributed by atoms with van der Waals surface area (Å²) in [6, 6.07) is 8.77. The largest absolute Gasteiger partial charge is 0.384 e. The number of hydrogen-bond donors (Lipinski definition) is 2. The van der Waals surface area contributed by atoms with E-state index in [9.17, 15) is 0 Å². The SMILES string of the molecule is N=C(N)c1cccc(C2CC3CCN2CC3)c1. The summed E-state index contributed by atoms with van der Waals surface area (Å²) in [5, 5.41) is 7.51. The maximum atomic E-state index is 7.51. The fraction of sp³-hybridized carbons (Fsp3) is 0.500. The Morgan fingerprint density at radius 1 is 1.29 bits per heavy atom. The Kier molecular flexibility index (Phi) is 2.63. The summed E-state index contributed by atoms with van der Waals surface area (Å²) in [4.78, 5) is 2.58. The smallest absolute Gasteiger partial charge is 0.122 e. The highest BCUT2D eigenvalue weighted by atomic mass is 15.2. The van der Waals surface area contributed by atoms with Gasteiger partial charge in [0.1, 0.15) is 5.84 Å². The fourth-order valence-electron chi connectivity index (χ4n) is 3.23. The van der Waals surface area contributed by atoms with Gasteiger partial charge in [-0.3, -0.25) is 10.3 Å². The lowest BCUT2D eigenvalue weighted by Gasteiger charge is -2.45. The predicted octanol–water partition coefficient (Wildman–Crippen LogP) is 2.13. The summed E-state index contributed by atoms with van der Waals surface area (Å²) < 4.78 is 0. The van der Waals surface area contributed by atoms with Gasteiger partial charge in [-0.25, -0.2) is 0 Å². The van der Waals surface area contributed by atoms with Gasteiger partial charge in [-0.05, 0) is 49.9 Å². The first-order valence-electron chi connectivity index (χ1n) is 6.42. The van der Waals surface area contributed by atoms with Crippen LogP contribution in [-0.2, 0) is 0 Å². The second-order valence-corrected chi connectivity index (χ2v) is 5.27. The number of nitrogens with zero attached hydrogens (tertiary/aromatic N) is 1. The van der Waals surface area contributed by atoms with Crippen molar-refractivity contribution in [2.45, 2.75) is 25.3 Å². The molecule has 3 fully saturated rings. The molecule has 0 radical (unpaired) electrons. The van der Waals surface area contributed by atoms with Crippen molar-refractivity contribution in [2.75, 3.05) is 13.1 Å². The van der Waals surface area contributed by atoms with E-state index < -0.39 is 0 Å². The van der Waals surface area contributed by atoms with E-state index >= 15 is 0 Å². The maximum absolute atomic E-state index is 7.51. The van der Waals surface area contributed by atoms with Crippen molar-refractivity contribution < 1.29 is 0 Å². The van der Waals surface area contributed by atoms with Crippen molar-refractivity contribution >= 4 is 5.84 Å². The van der Waals surface area contributed by atoms with Crippen LogP contribution >= 0.6 is 0 Å². The number of piperidine rings is 3. The van der Waals surface area contributed by atoms with E-state index in [1.54, 1.807) is 0 Å². The summed E-state index contributed by atoms with van der Waals surface area (Å²) in [5.74, 6) is 1.08. The molecule has 2 bridgehead atoms. The number of amidine groups is 1. The van der Waals surface area contributed by atoms with Gasteiger partial charge in [-0.2, -0.15) is 0 Å². The highest BCUT2D eigenvalue weighted by Crippen LogP contribution is 2.40. The average molecular weight is 229 g/mol. The molecule has 0 amide bonds. The number of nitrogen functional groups attached to an aromatic ring is 1. The lowest BCUT2D eigenvalue weighted by atomic mass is 9.80. The molecule has 3 saturated heterocycles. The van der Waals surface area contributed by atoms with E-state index in [2.05, 4.69) is 17.0 Å². The second-order valence-electron chi connectivity index (χ2n) is 5.27. The van der Waals surface area contributed by atoms with Crippen LogP contribution in [0.2, 0.25) is 0 Å². The molecule has 3 nitrogen and oxygen atoms in total. The first-order valence-corrected chi connectivity index (χ1v) is 6.42. The van der Waals surface area contributed by atoms with Crippen molar-refractivity contribution in [1.29, 1.82) is 5.41 Å². The quantitative estimate of drug-likeness (QED) is 0.603. The van der Waals surface area contributed by atoms with Crippen LogP contribution < -0.4 is 5.73 Å². The van der Waals surface area contributed by atoms with E-state index in [0.29, 0.717) is 6.04 Å². The number of benzene rings is 1. The van der Waals surface area contributed by atoms with E-state index in [1.165, 1.54) is 37.9 Å². The molecule has 4 rings (SSSR count). The van der Waals surface area contributed by atoms with Crippen LogP contribution in [0.15, 0.2) is 24.3 Å². The maximum Gasteiger partial charge on any atom is 0.122 e. The van der Waals surface area contributed by atoms with Gasteiger partial charge in [0.05, 0.1) is 0 Å². The van der Waals surface area contributed by atoms with Gasteiger partial charge >= 0.3 is 0 Å². The van der Waals surface area contributed by atoms with Gasteiger partial charge in [-0.15, -0.1) is 0 Å². The van der Waals surface area contributed by atoms with E-state index in [1.807, 2.05) is 12.1 Å². The Hall–Kier alpha value is -1.35. The molecule has 1 unspecified atom stereocenters. The van der Waals surface area contributed by atoms with Crippen LogP contribution in [0, 0.1) is 11.3 Å². The van der Waals surface area contributed by atoms with E-state index in [-0.39, 0.29) is 5.84 Å². The number of nitrogens with one attached hydrogen (secondary N) is 1. The van der Waals surface area contributed by atoms with Crippen LogP contribution in [0.25, 0.3) is 0 Å². The van der Waals surface area contributed by atoms with Gasteiger partial charge in [0.15, 0.2) is 0 Å². The molecule has 0 saturated carbocycles. The Bertz CT molecular complexity index is 433. The highest BCUT2D eigenvalue weighted by molar-refractivity contribution is 5.95. The number of rotatable bonds is 2. The Labute approximate surface area is 102 Å². The van der Waals surface area contributed by atoms with Crippen molar-refractivity contribution in [3.8, 4) is 0 Å². The molecule has 0 spiro atoms. The van der Waals surface area contributed by atoms with Crippen molar-refractivity contribution in [1.82, 2.24) is 4.90 Å². The first kappa shape index (κ1) is 10.8. The minimum atomic E-state index is 0.169. The number of fused-ring (bicyclic) bond motifs is 3. The fourth-order valence-corrected chi connectivity index (χ4v) is 3.23. The Morgan fingerprint density at radius 3 is 2.65 bits per heavy atom. The molecule has 90 valence electrons. The molecule has 3 aliphatic rings. The molecule has 3 heteroatoms. The second kappa shape index (κ2) is 4.15. The van der Waals surface area contributed by atoms with Crippen molar-refractivity contribution in [3.63, 3.8) is 0 Å². The third-order valence-electron chi connectivity index (χ3n) is 4.23. The summed E-state index contributed by atoms with van der Waals surface area (Å²) in [6.07, 6.45) is 4.01. The standard InChI is InChI=1S/C14H19N3/c15-14(16)12-3-1-2-11(9-12)13-8-10-4-6-17(13)7-5-10/h1-3,9-10,13H,4-8H2,(H3,15,16). The lowest BCUT2D eigenvalue weighted by molar-refractivity contribution is 0.0490. The molecule has 3 N–H and O–H groups in total. The minimum Gasteiger partial charge on any atom is -0.384 e. The molecule has 3 heterocycles. The zero-order valence-electron chi connectivity index (χ0n) is 10.0. The molecule has 3 aliphatic heterocycles. The third-order valence-corrected chi connectivity index (χ3v) is 4.23. The highest BCUT2D eigenvalue weighted by Gasteiger charge is 2.34. The topological polar surface area (TPSA) is 53.1 Å². The molecular formula is C14H19N3. The van der Waals surface area contributed by atoms with Crippen LogP contribution in [0.1, 0.15) is 36.4 Å². The van der Waals surface area contributed by atoms with Gasteiger partial charge in [0, 0.05) is 11.6 Å². The lowest BCUT2D eigenvalue weighted by Crippen LogP contribution is -2.43. The van der Waals surface area contributed by atoms with Crippen molar-refractivity contribution in [3.05, 3.63) is 35.4 Å². The molecule has 1 aromatic rings. The molecular weight excluding hydrogens is 210 g/mol. The summed E-state index contributed by atoms with van der Waals surface area (Å²) >= 11 is 0. The molecule has 1 aromatic carbocycles. The normalized spacial score (nSPS) is 31.4. The molecule has 0 aromatic heterocycles. The monoisotopic (exact) mass is 229 g/mol. The van der Waals surface area contributed by atoms with Gasteiger partial charge < -0.3 is 5.73 Å².